The van der Waals surface area contributed by atoms with Gasteiger partial charge in [-0.3, -0.25) is 0 Å². The Kier molecular flexibility index (Phi) is 8.21. The lowest BCUT2D eigenvalue weighted by atomic mass is 9.84. The Labute approximate surface area is 226 Å². The summed E-state index contributed by atoms with van der Waals surface area (Å²) in [6.07, 6.45) is -0.813. The molecule has 0 bridgehead atoms. The van der Waals surface area contributed by atoms with Gasteiger partial charge >= 0.3 is 21.7 Å². The van der Waals surface area contributed by atoms with Gasteiger partial charge in [-0.2, -0.15) is 26.7 Å². The average Bonchev–Trinajstić information content (AvgIpc) is 3.35. The molecule has 0 aromatic heterocycles. The van der Waals surface area contributed by atoms with E-state index in [1.807, 2.05) is 0 Å². The fourth-order valence-electron chi connectivity index (χ4n) is 3.67. The van der Waals surface area contributed by atoms with Gasteiger partial charge in [-0.25, -0.2) is 10.2 Å². The second kappa shape index (κ2) is 11.4. The zero-order valence-electron chi connectivity index (χ0n) is 20.1. The van der Waals surface area contributed by atoms with E-state index < -0.39 is 33.4 Å². The van der Waals surface area contributed by atoms with Crippen LogP contribution in [0.2, 0.25) is 5.02 Å². The summed E-state index contributed by atoms with van der Waals surface area (Å²) in [5, 5.41) is 4.76. The van der Waals surface area contributed by atoms with Crippen molar-refractivity contribution < 1.29 is 44.8 Å². The lowest BCUT2D eigenvalue weighted by Crippen LogP contribution is -2.28. The molecule has 3 aromatic carbocycles. The molecule has 4 rings (SSSR count). The quantitative estimate of drug-likeness (QED) is 0.159. The monoisotopic (exact) mass is 584 g/mol. The topological polar surface area (TPSA) is 113 Å². The van der Waals surface area contributed by atoms with Crippen molar-refractivity contribution in [3.63, 3.8) is 0 Å². The van der Waals surface area contributed by atoms with E-state index in [1.54, 1.807) is 49.4 Å². The number of carbonyl (C=O) groups is 1. The highest BCUT2D eigenvalue weighted by atomic mass is 35.5. The minimum atomic E-state index is -5.86. The molecule has 0 fully saturated rings. The van der Waals surface area contributed by atoms with E-state index in [0.717, 1.165) is 12.1 Å². The van der Waals surface area contributed by atoms with Crippen LogP contribution in [0.15, 0.2) is 71.8 Å². The molecule has 1 heterocycles. The summed E-state index contributed by atoms with van der Waals surface area (Å²) in [6, 6.07) is 16.6. The number of benzene rings is 3. The summed E-state index contributed by atoms with van der Waals surface area (Å²) in [5.41, 5.74) is -1.34. The number of hydrazone groups is 1. The molecule has 206 valence electrons. The average molecular weight is 585 g/mol. The lowest BCUT2D eigenvalue weighted by molar-refractivity contribution is -0.0500. The fraction of sp³-hybridized carbons (Fsp3) is 0.200. The number of amides is 1. The van der Waals surface area contributed by atoms with Gasteiger partial charge in [0.25, 0.3) is 0 Å². The van der Waals surface area contributed by atoms with Crippen LogP contribution in [-0.4, -0.2) is 39.1 Å². The third-order valence-electron chi connectivity index (χ3n) is 5.39. The molecule has 1 amide bonds. The maximum atomic E-state index is 12.8. The first-order valence-electron chi connectivity index (χ1n) is 11.2. The van der Waals surface area contributed by atoms with Gasteiger partial charge in [0.15, 0.2) is 11.5 Å². The van der Waals surface area contributed by atoms with Crippen LogP contribution in [0, 0.1) is 0 Å². The lowest BCUT2D eigenvalue weighted by Gasteiger charge is -2.22. The number of carbonyl (C=O) groups excluding carboxylic acids is 1. The molecular formula is C25H20ClF3N2O7S. The van der Waals surface area contributed by atoms with Gasteiger partial charge in [0.2, 0.25) is 6.79 Å². The minimum Gasteiger partial charge on any atom is -0.454 e. The largest absolute Gasteiger partial charge is 0.534 e. The number of nitrogens with one attached hydrogen (secondary N) is 1. The van der Waals surface area contributed by atoms with Crippen molar-refractivity contribution in [2.75, 3.05) is 13.4 Å². The zero-order chi connectivity index (χ0) is 28.2. The molecular weight excluding hydrogens is 565 g/mol. The molecule has 1 atom stereocenters. The molecule has 9 nitrogen and oxygen atoms in total. The summed E-state index contributed by atoms with van der Waals surface area (Å²) in [5.74, 6) is -0.339. The predicted octanol–water partition coefficient (Wildman–Crippen LogP) is 5.58. The summed E-state index contributed by atoms with van der Waals surface area (Å²) in [7, 11) is -5.86. The van der Waals surface area contributed by atoms with Gasteiger partial charge in [-0.05, 0) is 60.5 Å². The first-order chi connectivity index (χ1) is 18.5. The zero-order valence-corrected chi connectivity index (χ0v) is 21.6. The molecule has 0 spiro atoms. The molecule has 0 radical (unpaired) electrons. The minimum absolute atomic E-state index is 0.0231. The summed E-state index contributed by atoms with van der Waals surface area (Å²) < 4.78 is 81.2. The number of halogens is 4. The van der Waals surface area contributed by atoms with E-state index in [1.165, 1.54) is 12.1 Å². The second-order valence-electron chi connectivity index (χ2n) is 7.93. The van der Waals surface area contributed by atoms with Crippen LogP contribution < -0.4 is 19.1 Å². The summed E-state index contributed by atoms with van der Waals surface area (Å²) in [4.78, 5) is 12.1. The Hall–Kier alpha value is -3.97. The first-order valence-corrected chi connectivity index (χ1v) is 13.0. The van der Waals surface area contributed by atoms with Gasteiger partial charge in [0, 0.05) is 10.6 Å². The van der Waals surface area contributed by atoms with Crippen LogP contribution in [0.3, 0.4) is 0 Å². The van der Waals surface area contributed by atoms with Gasteiger partial charge < -0.3 is 18.4 Å². The van der Waals surface area contributed by atoms with Crippen molar-refractivity contribution in [3.8, 4) is 17.2 Å². The third kappa shape index (κ3) is 6.55. The molecule has 0 saturated heterocycles. The Morgan fingerprint density at radius 2 is 1.64 bits per heavy atom. The van der Waals surface area contributed by atoms with Crippen LogP contribution in [0.25, 0.3) is 0 Å². The number of hydrogen-bond donors (Lipinski definition) is 1. The smallest absolute Gasteiger partial charge is 0.454 e. The van der Waals surface area contributed by atoms with E-state index in [9.17, 15) is 26.4 Å². The van der Waals surface area contributed by atoms with Crippen molar-refractivity contribution in [1.29, 1.82) is 0 Å². The van der Waals surface area contributed by atoms with Gasteiger partial charge in [0.1, 0.15) is 5.75 Å². The number of fused-ring (bicyclic) bond motifs is 1. The SMILES string of the molecule is CCOC(=O)NN=C(c1ccc2c(c1)OCO2)C(c1ccc(Cl)cc1)c1ccc(OS(=O)(=O)C(F)(F)F)cc1. The van der Waals surface area contributed by atoms with E-state index in [-0.39, 0.29) is 13.4 Å². The first kappa shape index (κ1) is 28.0. The number of rotatable bonds is 8. The number of ether oxygens (including phenoxy) is 3. The van der Waals surface area contributed by atoms with Crippen molar-refractivity contribution in [1.82, 2.24) is 5.43 Å². The second-order valence-corrected chi connectivity index (χ2v) is 9.91. The molecule has 0 aliphatic carbocycles. The van der Waals surface area contributed by atoms with Crippen LogP contribution in [0.1, 0.15) is 29.5 Å². The van der Waals surface area contributed by atoms with Gasteiger partial charge in [0.05, 0.1) is 18.2 Å². The molecule has 39 heavy (non-hydrogen) atoms. The highest BCUT2D eigenvalue weighted by Gasteiger charge is 2.48. The molecule has 1 aliphatic rings. The van der Waals surface area contributed by atoms with Crippen LogP contribution in [-0.2, 0) is 14.9 Å². The van der Waals surface area contributed by atoms with E-state index in [2.05, 4.69) is 14.7 Å². The van der Waals surface area contributed by atoms with Gasteiger partial charge in [-0.1, -0.05) is 35.9 Å². The number of alkyl halides is 3. The Bertz CT molecular complexity index is 1480. The normalized spacial score (nSPS) is 14.0. The molecule has 0 saturated carbocycles. The highest BCUT2D eigenvalue weighted by Crippen LogP contribution is 2.37. The van der Waals surface area contributed by atoms with Crippen LogP contribution in [0.4, 0.5) is 18.0 Å². The molecule has 14 heteroatoms. The fourth-order valence-corrected chi connectivity index (χ4v) is 4.26. The third-order valence-corrected chi connectivity index (χ3v) is 6.62. The molecule has 1 aliphatic heterocycles. The van der Waals surface area contributed by atoms with E-state index in [4.69, 9.17) is 25.8 Å². The molecule has 1 N–H and O–H groups in total. The number of hydrogen-bond acceptors (Lipinski definition) is 8. The molecule has 3 aromatic rings. The Balaban J connectivity index is 1.81. The maximum Gasteiger partial charge on any atom is 0.534 e. The summed E-state index contributed by atoms with van der Waals surface area (Å²) in [6.45, 7) is 1.75. The van der Waals surface area contributed by atoms with Gasteiger partial charge in [-0.15, -0.1) is 0 Å². The van der Waals surface area contributed by atoms with Crippen molar-refractivity contribution in [2.24, 2.45) is 5.10 Å². The predicted molar refractivity (Wildman–Crippen MR) is 135 cm³/mol. The van der Waals surface area contributed by atoms with Crippen molar-refractivity contribution in [3.05, 3.63) is 88.4 Å². The Morgan fingerprint density at radius 1 is 1.03 bits per heavy atom. The Morgan fingerprint density at radius 3 is 2.26 bits per heavy atom. The maximum absolute atomic E-state index is 12.8. The summed E-state index contributed by atoms with van der Waals surface area (Å²) >= 11 is 6.08. The van der Waals surface area contributed by atoms with Crippen LogP contribution in [0.5, 0.6) is 17.2 Å². The van der Waals surface area contributed by atoms with Crippen molar-refractivity contribution >= 4 is 33.5 Å². The number of nitrogens with zero attached hydrogens (tertiary/aromatic N) is 1. The van der Waals surface area contributed by atoms with Crippen LogP contribution >= 0.6 is 11.6 Å². The highest BCUT2D eigenvalue weighted by molar-refractivity contribution is 7.88. The van der Waals surface area contributed by atoms with E-state index in [0.29, 0.717) is 38.9 Å². The standard InChI is InChI=1S/C25H20ClF3N2O7S/c1-2-35-24(32)31-30-23(17-7-12-20-21(13-17)37-14-36-20)22(15-3-8-18(26)9-4-15)16-5-10-19(11-6-16)38-39(33,34)25(27,28)29/h3-13,22H,2,14H2,1H3,(H,31,32). The van der Waals surface area contributed by atoms with Crippen molar-refractivity contribution in [2.45, 2.75) is 18.3 Å². The van der Waals surface area contributed by atoms with E-state index >= 15 is 0 Å². The molecule has 1 unspecified atom stereocenters.